The van der Waals surface area contributed by atoms with E-state index in [2.05, 4.69) is 44.1 Å². The fourth-order valence-corrected chi connectivity index (χ4v) is 1.80. The summed E-state index contributed by atoms with van der Waals surface area (Å²) in [6.45, 7) is 10.7. The third-order valence-electron chi connectivity index (χ3n) is 3.25. The van der Waals surface area contributed by atoms with Crippen LogP contribution < -0.4 is 5.32 Å². The predicted molar refractivity (Wildman–Crippen MR) is 72.1 cm³/mol. The molecule has 0 aliphatic carbocycles. The lowest BCUT2D eigenvalue weighted by Crippen LogP contribution is -2.33. The summed E-state index contributed by atoms with van der Waals surface area (Å²) in [6.07, 6.45) is 2.94. The molecule has 0 aromatic carbocycles. The topological polar surface area (TPSA) is 28.4 Å². The van der Waals surface area contributed by atoms with Gasteiger partial charge in [-0.1, -0.05) is 13.8 Å². The summed E-state index contributed by atoms with van der Waals surface area (Å²) < 4.78 is 5.32. The van der Waals surface area contributed by atoms with Gasteiger partial charge >= 0.3 is 0 Å². The average molecular weight is 238 g/mol. The molecule has 17 heavy (non-hydrogen) atoms. The van der Waals surface area contributed by atoms with E-state index < -0.39 is 0 Å². The van der Waals surface area contributed by atoms with Crippen molar-refractivity contribution in [1.29, 1.82) is 0 Å². The highest BCUT2D eigenvalue weighted by molar-refractivity contribution is 5.15. The van der Waals surface area contributed by atoms with Crippen LogP contribution in [0.4, 0.5) is 0 Å². The van der Waals surface area contributed by atoms with Gasteiger partial charge in [0.05, 0.1) is 6.26 Å². The Bertz CT molecular complexity index is 320. The summed E-state index contributed by atoms with van der Waals surface area (Å²) in [7, 11) is 2.17. The molecular formula is C14H26N2O. The Morgan fingerprint density at radius 2 is 2.06 bits per heavy atom. The molecule has 1 N–H and O–H groups in total. The van der Waals surface area contributed by atoms with Crippen molar-refractivity contribution in [2.45, 2.75) is 52.7 Å². The molecule has 0 amide bonds. The Hall–Kier alpha value is -0.800. The highest BCUT2D eigenvalue weighted by Crippen LogP contribution is 2.13. The van der Waals surface area contributed by atoms with Crippen molar-refractivity contribution in [1.82, 2.24) is 10.2 Å². The molecule has 0 aliphatic rings. The summed E-state index contributed by atoms with van der Waals surface area (Å²) in [5.74, 6) is 1.03. The molecule has 0 aliphatic heterocycles. The molecule has 1 unspecified atom stereocenters. The normalized spacial score (nSPS) is 13.6. The van der Waals surface area contributed by atoms with Crippen LogP contribution in [0.25, 0.3) is 0 Å². The fraction of sp³-hybridized carbons (Fsp3) is 0.714. The van der Waals surface area contributed by atoms with Crippen LogP contribution in [0.5, 0.6) is 0 Å². The molecule has 3 nitrogen and oxygen atoms in total. The van der Waals surface area contributed by atoms with Gasteiger partial charge in [-0.2, -0.15) is 0 Å². The summed E-state index contributed by atoms with van der Waals surface area (Å²) in [5, 5.41) is 3.46. The van der Waals surface area contributed by atoms with Gasteiger partial charge in [0.1, 0.15) is 5.76 Å². The first-order chi connectivity index (χ1) is 8.00. The lowest BCUT2D eigenvalue weighted by Gasteiger charge is -2.25. The minimum absolute atomic E-state index is 0.573. The van der Waals surface area contributed by atoms with Crippen LogP contribution in [0.1, 0.15) is 38.5 Å². The van der Waals surface area contributed by atoms with Gasteiger partial charge in [-0.3, -0.25) is 4.90 Å². The largest absolute Gasteiger partial charge is 0.469 e. The number of nitrogens with one attached hydrogen (secondary N) is 1. The summed E-state index contributed by atoms with van der Waals surface area (Å²) in [5.41, 5.74) is 1.29. The van der Waals surface area contributed by atoms with Gasteiger partial charge in [0.2, 0.25) is 0 Å². The zero-order valence-electron chi connectivity index (χ0n) is 11.8. The number of furan rings is 1. The third-order valence-corrected chi connectivity index (χ3v) is 3.25. The molecule has 0 spiro atoms. The zero-order chi connectivity index (χ0) is 12.8. The van der Waals surface area contributed by atoms with Crippen LogP contribution in [-0.2, 0) is 6.54 Å². The number of hydrogen-bond acceptors (Lipinski definition) is 3. The van der Waals surface area contributed by atoms with E-state index in [1.54, 1.807) is 6.26 Å². The van der Waals surface area contributed by atoms with Gasteiger partial charge in [0, 0.05) is 24.2 Å². The second kappa shape index (κ2) is 6.82. The molecule has 1 atom stereocenters. The molecule has 0 fully saturated rings. The molecule has 1 aromatic rings. The molecule has 1 aromatic heterocycles. The quantitative estimate of drug-likeness (QED) is 0.792. The van der Waals surface area contributed by atoms with E-state index in [4.69, 9.17) is 4.42 Å². The summed E-state index contributed by atoms with van der Waals surface area (Å²) in [6, 6.07) is 3.21. The van der Waals surface area contributed by atoms with Gasteiger partial charge in [-0.15, -0.1) is 0 Å². The van der Waals surface area contributed by atoms with Crippen molar-refractivity contribution in [2.75, 3.05) is 13.6 Å². The first kappa shape index (κ1) is 14.3. The van der Waals surface area contributed by atoms with Gasteiger partial charge < -0.3 is 9.73 Å². The summed E-state index contributed by atoms with van der Waals surface area (Å²) in [4.78, 5) is 2.37. The maximum Gasteiger partial charge on any atom is 0.105 e. The van der Waals surface area contributed by atoms with Crippen molar-refractivity contribution in [3.8, 4) is 0 Å². The molecule has 1 rings (SSSR count). The van der Waals surface area contributed by atoms with Crippen molar-refractivity contribution in [2.24, 2.45) is 0 Å². The molecule has 0 radical (unpaired) electrons. The van der Waals surface area contributed by atoms with Gasteiger partial charge in [-0.05, 0) is 39.9 Å². The van der Waals surface area contributed by atoms with E-state index in [0.29, 0.717) is 12.1 Å². The fourth-order valence-electron chi connectivity index (χ4n) is 1.80. The number of nitrogens with zero attached hydrogens (tertiary/aromatic N) is 1. The molecule has 1 heterocycles. The number of rotatable bonds is 7. The lowest BCUT2D eigenvalue weighted by atomic mass is 10.1. The van der Waals surface area contributed by atoms with Crippen LogP contribution in [-0.4, -0.2) is 30.6 Å². The van der Waals surface area contributed by atoms with E-state index in [1.165, 1.54) is 12.0 Å². The molecular weight excluding hydrogens is 212 g/mol. The van der Waals surface area contributed by atoms with E-state index in [-0.39, 0.29) is 0 Å². The van der Waals surface area contributed by atoms with E-state index >= 15 is 0 Å². The van der Waals surface area contributed by atoms with Crippen LogP contribution >= 0.6 is 0 Å². The van der Waals surface area contributed by atoms with E-state index in [9.17, 15) is 0 Å². The van der Waals surface area contributed by atoms with Crippen LogP contribution in [0.15, 0.2) is 16.7 Å². The maximum absolute atomic E-state index is 5.32. The van der Waals surface area contributed by atoms with Crippen LogP contribution in [0.3, 0.4) is 0 Å². The van der Waals surface area contributed by atoms with Crippen molar-refractivity contribution >= 4 is 0 Å². The Labute approximate surface area is 105 Å². The Morgan fingerprint density at radius 3 is 2.59 bits per heavy atom. The number of hydrogen-bond donors (Lipinski definition) is 1. The molecule has 0 saturated carbocycles. The monoisotopic (exact) mass is 238 g/mol. The molecule has 0 bridgehead atoms. The summed E-state index contributed by atoms with van der Waals surface area (Å²) >= 11 is 0. The van der Waals surface area contributed by atoms with Crippen molar-refractivity contribution in [3.05, 3.63) is 23.7 Å². The SMILES string of the molecule is Cc1occc1CN(C)C(C)CCNC(C)C. The van der Waals surface area contributed by atoms with Crippen LogP contribution in [0, 0.1) is 6.92 Å². The van der Waals surface area contributed by atoms with E-state index in [0.717, 1.165) is 18.8 Å². The van der Waals surface area contributed by atoms with E-state index in [1.807, 2.05) is 6.92 Å². The first-order valence-corrected chi connectivity index (χ1v) is 6.47. The lowest BCUT2D eigenvalue weighted by molar-refractivity contribution is 0.234. The Balaban J connectivity index is 2.32. The maximum atomic E-state index is 5.32. The zero-order valence-corrected chi connectivity index (χ0v) is 11.8. The molecule has 3 heteroatoms. The Kier molecular flexibility index (Phi) is 5.72. The van der Waals surface area contributed by atoms with Crippen molar-refractivity contribution in [3.63, 3.8) is 0 Å². The molecule has 98 valence electrons. The standard InChI is InChI=1S/C14H26N2O/c1-11(2)15-8-6-12(3)16(5)10-14-7-9-17-13(14)4/h7,9,11-12,15H,6,8,10H2,1-5H3. The van der Waals surface area contributed by atoms with Crippen molar-refractivity contribution < 1.29 is 4.42 Å². The van der Waals surface area contributed by atoms with Gasteiger partial charge in [0.15, 0.2) is 0 Å². The highest BCUT2D eigenvalue weighted by Gasteiger charge is 2.11. The van der Waals surface area contributed by atoms with Gasteiger partial charge in [0.25, 0.3) is 0 Å². The molecule has 0 saturated heterocycles. The predicted octanol–water partition coefficient (Wildman–Crippen LogP) is 2.80. The second-order valence-corrected chi connectivity index (χ2v) is 5.16. The highest BCUT2D eigenvalue weighted by atomic mass is 16.3. The average Bonchev–Trinajstić information content (AvgIpc) is 2.63. The Morgan fingerprint density at radius 1 is 1.35 bits per heavy atom. The second-order valence-electron chi connectivity index (χ2n) is 5.16. The number of aryl methyl sites for hydroxylation is 1. The minimum Gasteiger partial charge on any atom is -0.469 e. The third kappa shape index (κ3) is 4.92. The first-order valence-electron chi connectivity index (χ1n) is 6.47. The van der Waals surface area contributed by atoms with Gasteiger partial charge in [-0.25, -0.2) is 0 Å². The smallest absolute Gasteiger partial charge is 0.105 e. The minimum atomic E-state index is 0.573. The van der Waals surface area contributed by atoms with Crippen LogP contribution in [0.2, 0.25) is 0 Å².